The zero-order valence-electron chi connectivity index (χ0n) is 15.9. The first-order valence-corrected chi connectivity index (χ1v) is 8.43. The molecule has 0 aliphatic carbocycles. The molecular formula is C17H21F3N4O6. The van der Waals surface area contributed by atoms with Gasteiger partial charge < -0.3 is 31.4 Å². The van der Waals surface area contributed by atoms with Crippen LogP contribution in [0.3, 0.4) is 0 Å². The number of anilines is 1. The number of methoxy groups -OCH3 is 1. The molecular weight excluding hydrogens is 413 g/mol. The predicted octanol–water partition coefficient (Wildman–Crippen LogP) is 0.646. The highest BCUT2D eigenvalue weighted by Crippen LogP contribution is 2.30. The minimum absolute atomic E-state index is 0.0166. The third-order valence-corrected chi connectivity index (χ3v) is 3.71. The van der Waals surface area contributed by atoms with Crippen LogP contribution in [0.1, 0.15) is 12.0 Å². The van der Waals surface area contributed by atoms with Crippen LogP contribution in [0.25, 0.3) is 0 Å². The van der Waals surface area contributed by atoms with E-state index >= 15 is 0 Å². The number of rotatable bonds is 6. The number of nitrogens with two attached hydrogens (primary N) is 2. The van der Waals surface area contributed by atoms with Crippen molar-refractivity contribution >= 4 is 29.5 Å². The van der Waals surface area contributed by atoms with E-state index in [1.54, 1.807) is 12.1 Å². The van der Waals surface area contributed by atoms with Gasteiger partial charge in [0.25, 0.3) is 0 Å². The number of ether oxygens (including phenoxy) is 2. The smallest absolute Gasteiger partial charge is 0.490 e. The number of nitrogens with zero attached hydrogens (tertiary/aromatic N) is 1. The molecule has 0 saturated carbocycles. The first kappa shape index (κ1) is 24.5. The van der Waals surface area contributed by atoms with Crippen LogP contribution in [-0.2, 0) is 25.5 Å². The molecule has 6 N–H and O–H groups in total. The molecule has 0 fully saturated rings. The Morgan fingerprint density at radius 2 is 1.97 bits per heavy atom. The minimum atomic E-state index is -5.08. The Morgan fingerprint density at radius 1 is 1.33 bits per heavy atom. The molecule has 1 aromatic rings. The summed E-state index contributed by atoms with van der Waals surface area (Å²) in [6.07, 6.45) is -4.52. The number of carboxylic acids is 1. The molecule has 13 heteroatoms. The van der Waals surface area contributed by atoms with E-state index in [1.807, 2.05) is 6.07 Å². The quantitative estimate of drug-likeness (QED) is 0.219. The van der Waals surface area contributed by atoms with Gasteiger partial charge in [-0.3, -0.25) is 14.6 Å². The fourth-order valence-corrected chi connectivity index (χ4v) is 2.32. The number of halogens is 3. The highest BCUT2D eigenvalue weighted by Gasteiger charge is 2.38. The van der Waals surface area contributed by atoms with Crippen LogP contribution in [-0.4, -0.2) is 55.3 Å². The summed E-state index contributed by atoms with van der Waals surface area (Å²) in [6, 6.07) is 5.42. The first-order valence-electron chi connectivity index (χ1n) is 8.43. The number of hydrogen-bond donors (Lipinski definition) is 4. The number of hydrogen-bond acceptors (Lipinski definition) is 6. The molecule has 0 spiro atoms. The Kier molecular flexibility index (Phi) is 8.89. The van der Waals surface area contributed by atoms with Crippen molar-refractivity contribution < 1.29 is 42.1 Å². The lowest BCUT2D eigenvalue weighted by Gasteiger charge is -2.24. The summed E-state index contributed by atoms with van der Waals surface area (Å²) in [5.41, 5.74) is 12.1. The molecule has 2 rings (SSSR count). The number of guanidine groups is 1. The van der Waals surface area contributed by atoms with Crippen molar-refractivity contribution in [1.29, 1.82) is 0 Å². The molecule has 10 nitrogen and oxygen atoms in total. The lowest BCUT2D eigenvalue weighted by atomic mass is 9.90. The normalized spacial score (nSPS) is 14.9. The number of benzene rings is 1. The highest BCUT2D eigenvalue weighted by molar-refractivity contribution is 5.97. The average molecular weight is 434 g/mol. The van der Waals surface area contributed by atoms with Crippen molar-refractivity contribution in [2.24, 2.45) is 22.4 Å². The second kappa shape index (κ2) is 10.9. The molecule has 30 heavy (non-hydrogen) atoms. The number of carbonyl (C=O) groups is 3. The number of carboxylic acid groups (broad SMARTS) is 1. The highest BCUT2D eigenvalue weighted by atomic mass is 19.4. The maximum absolute atomic E-state index is 12.0. The first-order chi connectivity index (χ1) is 13.9. The molecule has 1 atom stereocenters. The van der Waals surface area contributed by atoms with Gasteiger partial charge in [0.05, 0.1) is 26.0 Å². The number of fused-ring (bicyclic) bond motifs is 1. The minimum Gasteiger partial charge on any atom is -0.492 e. The van der Waals surface area contributed by atoms with E-state index in [0.29, 0.717) is 31.0 Å². The second-order valence-electron chi connectivity index (χ2n) is 5.95. The summed E-state index contributed by atoms with van der Waals surface area (Å²) in [7, 11) is 1.31. The molecule has 1 aromatic carbocycles. The van der Waals surface area contributed by atoms with Crippen LogP contribution in [0, 0.1) is 5.92 Å². The lowest BCUT2D eigenvalue weighted by Crippen LogP contribution is -2.31. The Balaban J connectivity index is 0.000000553. The van der Waals surface area contributed by atoms with Gasteiger partial charge in [-0.05, 0) is 18.1 Å². The van der Waals surface area contributed by atoms with Gasteiger partial charge in [-0.2, -0.15) is 13.2 Å². The van der Waals surface area contributed by atoms with Gasteiger partial charge in [0.15, 0.2) is 5.96 Å². The summed E-state index contributed by atoms with van der Waals surface area (Å²) in [4.78, 5) is 36.1. The summed E-state index contributed by atoms with van der Waals surface area (Å²) in [6.45, 7) is 0.683. The van der Waals surface area contributed by atoms with Crippen molar-refractivity contribution in [3.63, 3.8) is 0 Å². The summed E-state index contributed by atoms with van der Waals surface area (Å²) in [5, 5.41) is 9.92. The molecule has 1 aliphatic heterocycles. The predicted molar refractivity (Wildman–Crippen MR) is 98.8 cm³/mol. The SMILES string of the molecule is COC(=O)CC1Cc2ccc(OCCN=C(N)N)cc2NC1=O.O=C(O)C(F)(F)F. The number of aliphatic imine (C=N–C) groups is 1. The van der Waals surface area contributed by atoms with Crippen molar-refractivity contribution in [3.05, 3.63) is 23.8 Å². The van der Waals surface area contributed by atoms with Crippen LogP contribution in [0.4, 0.5) is 18.9 Å². The standard InChI is InChI=1S/C15H20N4O4.C2HF3O2/c1-22-13(20)7-10-6-9-2-3-11(8-12(9)19-14(10)21)23-5-4-18-15(16)17;3-2(4,5)1(6)7/h2-3,8,10H,4-7H2,1H3,(H,19,21)(H4,16,17,18);(H,6,7). The number of nitrogens with one attached hydrogen (secondary N) is 1. The molecule has 0 radical (unpaired) electrons. The van der Waals surface area contributed by atoms with Gasteiger partial charge in [-0.25, -0.2) is 4.79 Å². The van der Waals surface area contributed by atoms with Gasteiger partial charge in [0.2, 0.25) is 5.91 Å². The zero-order valence-corrected chi connectivity index (χ0v) is 15.9. The van der Waals surface area contributed by atoms with Gasteiger partial charge in [0.1, 0.15) is 12.4 Å². The lowest BCUT2D eigenvalue weighted by molar-refractivity contribution is -0.192. The molecule has 1 aliphatic rings. The van der Waals surface area contributed by atoms with E-state index in [4.69, 9.17) is 26.1 Å². The van der Waals surface area contributed by atoms with E-state index in [-0.39, 0.29) is 18.3 Å². The van der Waals surface area contributed by atoms with Crippen molar-refractivity contribution in [2.45, 2.75) is 19.0 Å². The topological polar surface area (TPSA) is 166 Å². The largest absolute Gasteiger partial charge is 0.492 e. The number of aliphatic carboxylic acids is 1. The van der Waals surface area contributed by atoms with Crippen LogP contribution in [0.5, 0.6) is 5.75 Å². The maximum Gasteiger partial charge on any atom is 0.490 e. The number of alkyl halides is 3. The Bertz CT molecular complexity index is 809. The van der Waals surface area contributed by atoms with Gasteiger partial charge in [0, 0.05) is 11.8 Å². The molecule has 1 unspecified atom stereocenters. The van der Waals surface area contributed by atoms with Crippen molar-refractivity contribution in [3.8, 4) is 5.75 Å². The maximum atomic E-state index is 12.0. The molecule has 0 bridgehead atoms. The van der Waals surface area contributed by atoms with Crippen LogP contribution < -0.4 is 21.5 Å². The molecule has 1 heterocycles. The van der Waals surface area contributed by atoms with Crippen molar-refractivity contribution in [1.82, 2.24) is 0 Å². The third kappa shape index (κ3) is 8.24. The molecule has 1 amide bonds. The Hall–Kier alpha value is -3.51. The summed E-state index contributed by atoms with van der Waals surface area (Å²) < 4.78 is 41.9. The summed E-state index contributed by atoms with van der Waals surface area (Å²) in [5.74, 6) is -3.13. The van der Waals surface area contributed by atoms with Crippen LogP contribution >= 0.6 is 0 Å². The van der Waals surface area contributed by atoms with Crippen LogP contribution in [0.2, 0.25) is 0 Å². The fourth-order valence-electron chi connectivity index (χ4n) is 2.32. The Labute approximate surface area is 169 Å². The second-order valence-corrected chi connectivity index (χ2v) is 5.95. The van der Waals surface area contributed by atoms with E-state index in [2.05, 4.69) is 15.0 Å². The molecule has 166 valence electrons. The van der Waals surface area contributed by atoms with E-state index in [0.717, 1.165) is 5.56 Å². The van der Waals surface area contributed by atoms with Gasteiger partial charge in [-0.15, -0.1) is 0 Å². The fraction of sp³-hybridized carbons (Fsp3) is 0.412. The molecule has 0 saturated heterocycles. The van der Waals surface area contributed by atoms with E-state index in [9.17, 15) is 22.8 Å². The van der Waals surface area contributed by atoms with Crippen molar-refractivity contribution in [2.75, 3.05) is 25.6 Å². The average Bonchev–Trinajstić information content (AvgIpc) is 2.65. The summed E-state index contributed by atoms with van der Waals surface area (Å²) >= 11 is 0. The number of esters is 1. The Morgan fingerprint density at radius 3 is 2.50 bits per heavy atom. The zero-order chi connectivity index (χ0) is 22.9. The van der Waals surface area contributed by atoms with Gasteiger partial charge >= 0.3 is 18.1 Å². The van der Waals surface area contributed by atoms with Crippen LogP contribution in [0.15, 0.2) is 23.2 Å². The third-order valence-electron chi connectivity index (χ3n) is 3.71. The number of carbonyl (C=O) groups excluding carboxylic acids is 2. The monoisotopic (exact) mass is 434 g/mol. The van der Waals surface area contributed by atoms with E-state index in [1.165, 1.54) is 7.11 Å². The number of amides is 1. The van der Waals surface area contributed by atoms with Gasteiger partial charge in [-0.1, -0.05) is 6.07 Å². The van der Waals surface area contributed by atoms with E-state index < -0.39 is 24.0 Å². The molecule has 0 aromatic heterocycles.